The average molecular weight is 397 g/mol. The SMILES string of the molecule is Cc1nc(C)c(Cc2ccccc2F)c(N2CCN(C(=O)C3CCCC3)CC2)n1. The van der Waals surface area contributed by atoms with Gasteiger partial charge in [-0.05, 0) is 38.3 Å². The number of benzene rings is 1. The number of nitrogens with zero attached hydrogens (tertiary/aromatic N) is 4. The first-order valence-corrected chi connectivity index (χ1v) is 10.6. The van der Waals surface area contributed by atoms with Gasteiger partial charge in [-0.25, -0.2) is 14.4 Å². The number of anilines is 1. The van der Waals surface area contributed by atoms with E-state index >= 15 is 0 Å². The Kier molecular flexibility index (Phi) is 5.79. The molecule has 154 valence electrons. The van der Waals surface area contributed by atoms with Crippen molar-refractivity contribution >= 4 is 11.7 Å². The monoisotopic (exact) mass is 396 g/mol. The van der Waals surface area contributed by atoms with E-state index in [0.29, 0.717) is 17.9 Å². The maximum absolute atomic E-state index is 14.2. The number of aromatic nitrogens is 2. The fourth-order valence-corrected chi connectivity index (χ4v) is 4.59. The van der Waals surface area contributed by atoms with Crippen LogP contribution in [-0.2, 0) is 11.2 Å². The molecule has 1 amide bonds. The van der Waals surface area contributed by atoms with Crippen LogP contribution in [0.3, 0.4) is 0 Å². The third-order valence-corrected chi connectivity index (χ3v) is 6.22. The highest BCUT2D eigenvalue weighted by molar-refractivity contribution is 5.79. The number of piperazine rings is 1. The number of hydrogen-bond donors (Lipinski definition) is 0. The minimum atomic E-state index is -0.203. The summed E-state index contributed by atoms with van der Waals surface area (Å²) < 4.78 is 14.2. The predicted octanol–water partition coefficient (Wildman–Crippen LogP) is 3.66. The van der Waals surface area contributed by atoms with Crippen LogP contribution in [0.15, 0.2) is 24.3 Å². The number of carbonyl (C=O) groups is 1. The van der Waals surface area contributed by atoms with Crippen LogP contribution in [0.1, 0.15) is 48.3 Å². The molecule has 5 nitrogen and oxygen atoms in total. The van der Waals surface area contributed by atoms with Crippen molar-refractivity contribution in [3.63, 3.8) is 0 Å². The summed E-state index contributed by atoms with van der Waals surface area (Å²) in [5.41, 5.74) is 2.51. The average Bonchev–Trinajstić information content (AvgIpc) is 3.26. The molecule has 1 saturated heterocycles. The second kappa shape index (κ2) is 8.47. The minimum absolute atomic E-state index is 0.203. The molecule has 29 heavy (non-hydrogen) atoms. The van der Waals surface area contributed by atoms with E-state index in [0.717, 1.165) is 61.9 Å². The zero-order valence-electron chi connectivity index (χ0n) is 17.3. The van der Waals surface area contributed by atoms with Gasteiger partial charge in [0.15, 0.2) is 0 Å². The second-order valence-electron chi connectivity index (χ2n) is 8.22. The summed E-state index contributed by atoms with van der Waals surface area (Å²) in [5.74, 6) is 1.95. The van der Waals surface area contributed by atoms with E-state index in [4.69, 9.17) is 4.98 Å². The smallest absolute Gasteiger partial charge is 0.225 e. The molecule has 0 unspecified atom stereocenters. The molecule has 1 aromatic heterocycles. The molecule has 0 radical (unpaired) electrons. The third-order valence-electron chi connectivity index (χ3n) is 6.22. The Morgan fingerprint density at radius 1 is 1.07 bits per heavy atom. The molecule has 1 saturated carbocycles. The fraction of sp³-hybridized carbons (Fsp3) is 0.522. The summed E-state index contributed by atoms with van der Waals surface area (Å²) in [6.07, 6.45) is 4.89. The van der Waals surface area contributed by atoms with Gasteiger partial charge in [0.2, 0.25) is 5.91 Å². The molecule has 0 atom stereocenters. The maximum atomic E-state index is 14.2. The molecule has 2 aromatic rings. The molecule has 1 aliphatic carbocycles. The van der Waals surface area contributed by atoms with E-state index in [9.17, 15) is 9.18 Å². The van der Waals surface area contributed by atoms with Crippen LogP contribution < -0.4 is 4.90 Å². The number of rotatable bonds is 4. The number of carbonyl (C=O) groups excluding carboxylic acids is 1. The molecule has 2 heterocycles. The van der Waals surface area contributed by atoms with E-state index in [-0.39, 0.29) is 11.7 Å². The summed E-state index contributed by atoms with van der Waals surface area (Å²) in [6.45, 7) is 6.79. The molecule has 0 spiro atoms. The van der Waals surface area contributed by atoms with Crippen molar-refractivity contribution in [3.05, 3.63) is 52.7 Å². The number of amides is 1. The lowest BCUT2D eigenvalue weighted by atomic mass is 10.0. The van der Waals surface area contributed by atoms with Gasteiger partial charge in [-0.1, -0.05) is 31.0 Å². The van der Waals surface area contributed by atoms with E-state index in [2.05, 4.69) is 9.88 Å². The first-order chi connectivity index (χ1) is 14.0. The molecule has 2 fully saturated rings. The lowest BCUT2D eigenvalue weighted by Crippen LogP contribution is -2.50. The zero-order valence-corrected chi connectivity index (χ0v) is 17.3. The van der Waals surface area contributed by atoms with Crippen LogP contribution in [0, 0.1) is 25.6 Å². The lowest BCUT2D eigenvalue weighted by Gasteiger charge is -2.37. The molecule has 1 aliphatic heterocycles. The van der Waals surface area contributed by atoms with Crippen LogP contribution in [0.2, 0.25) is 0 Å². The van der Waals surface area contributed by atoms with E-state index in [1.54, 1.807) is 6.07 Å². The Hall–Kier alpha value is -2.50. The number of hydrogen-bond acceptors (Lipinski definition) is 4. The van der Waals surface area contributed by atoms with E-state index in [1.165, 1.54) is 18.9 Å². The largest absolute Gasteiger partial charge is 0.353 e. The van der Waals surface area contributed by atoms with Crippen molar-refractivity contribution in [1.82, 2.24) is 14.9 Å². The van der Waals surface area contributed by atoms with Gasteiger partial charge in [-0.2, -0.15) is 0 Å². The zero-order chi connectivity index (χ0) is 20.4. The van der Waals surface area contributed by atoms with Crippen LogP contribution in [0.5, 0.6) is 0 Å². The second-order valence-corrected chi connectivity index (χ2v) is 8.22. The van der Waals surface area contributed by atoms with Crippen molar-refractivity contribution in [2.24, 2.45) is 5.92 Å². The third kappa shape index (κ3) is 4.26. The van der Waals surface area contributed by atoms with Gasteiger partial charge < -0.3 is 9.80 Å². The van der Waals surface area contributed by atoms with Crippen molar-refractivity contribution in [1.29, 1.82) is 0 Å². The molecular formula is C23H29FN4O. The van der Waals surface area contributed by atoms with Crippen molar-refractivity contribution in [2.45, 2.75) is 46.0 Å². The number of halogens is 1. The maximum Gasteiger partial charge on any atom is 0.225 e. The standard InChI is InChI=1S/C23H29FN4O/c1-16-20(15-19-9-5-6-10-21(19)24)22(26-17(2)25-16)27-11-13-28(14-12-27)23(29)18-7-3-4-8-18/h5-6,9-10,18H,3-4,7-8,11-15H2,1-2H3. The summed E-state index contributed by atoms with van der Waals surface area (Å²) in [7, 11) is 0. The fourth-order valence-electron chi connectivity index (χ4n) is 4.59. The Labute approximate surface area is 172 Å². The molecule has 1 aromatic carbocycles. The minimum Gasteiger partial charge on any atom is -0.353 e. The molecule has 0 bridgehead atoms. The molecule has 2 aliphatic rings. The quantitative estimate of drug-likeness (QED) is 0.791. The first kappa shape index (κ1) is 19.8. The van der Waals surface area contributed by atoms with Crippen LogP contribution in [0.25, 0.3) is 0 Å². The molecular weight excluding hydrogens is 367 g/mol. The van der Waals surface area contributed by atoms with Crippen LogP contribution in [0.4, 0.5) is 10.2 Å². The molecule has 6 heteroatoms. The lowest BCUT2D eigenvalue weighted by molar-refractivity contribution is -0.135. The Bertz CT molecular complexity index is 886. The Morgan fingerprint density at radius 2 is 1.76 bits per heavy atom. The topological polar surface area (TPSA) is 49.3 Å². The molecule has 0 N–H and O–H groups in total. The summed E-state index contributed by atoms with van der Waals surface area (Å²) in [4.78, 5) is 26.2. The van der Waals surface area contributed by atoms with Gasteiger partial charge >= 0.3 is 0 Å². The van der Waals surface area contributed by atoms with Crippen LogP contribution in [-0.4, -0.2) is 47.0 Å². The van der Waals surface area contributed by atoms with Gasteiger partial charge in [0.25, 0.3) is 0 Å². The van der Waals surface area contributed by atoms with Gasteiger partial charge in [-0.3, -0.25) is 4.79 Å². The van der Waals surface area contributed by atoms with Gasteiger partial charge in [0.05, 0.1) is 0 Å². The Morgan fingerprint density at radius 3 is 2.45 bits per heavy atom. The van der Waals surface area contributed by atoms with Crippen molar-refractivity contribution in [2.75, 3.05) is 31.1 Å². The highest BCUT2D eigenvalue weighted by Gasteiger charge is 2.30. The summed E-state index contributed by atoms with van der Waals surface area (Å²) in [6, 6.07) is 6.87. The van der Waals surface area contributed by atoms with Crippen molar-refractivity contribution < 1.29 is 9.18 Å². The van der Waals surface area contributed by atoms with E-state index in [1.807, 2.05) is 30.9 Å². The Balaban J connectivity index is 1.52. The highest BCUT2D eigenvalue weighted by atomic mass is 19.1. The summed E-state index contributed by atoms with van der Waals surface area (Å²) >= 11 is 0. The van der Waals surface area contributed by atoms with Crippen molar-refractivity contribution in [3.8, 4) is 0 Å². The summed E-state index contributed by atoms with van der Waals surface area (Å²) in [5, 5.41) is 0. The van der Waals surface area contributed by atoms with E-state index < -0.39 is 0 Å². The normalized spacial score (nSPS) is 17.8. The van der Waals surface area contributed by atoms with Gasteiger partial charge in [0, 0.05) is 49.8 Å². The van der Waals surface area contributed by atoms with Crippen LogP contribution >= 0.6 is 0 Å². The number of aryl methyl sites for hydroxylation is 2. The molecule has 4 rings (SSSR count). The van der Waals surface area contributed by atoms with Gasteiger partial charge in [0.1, 0.15) is 17.5 Å². The highest BCUT2D eigenvalue weighted by Crippen LogP contribution is 2.29. The predicted molar refractivity (Wildman–Crippen MR) is 111 cm³/mol. The van der Waals surface area contributed by atoms with Gasteiger partial charge in [-0.15, -0.1) is 0 Å². The first-order valence-electron chi connectivity index (χ1n) is 10.6.